The van der Waals surface area contributed by atoms with E-state index >= 15 is 0 Å². The van der Waals surface area contributed by atoms with Gasteiger partial charge in [-0.1, -0.05) is 38.5 Å². The lowest BCUT2D eigenvalue weighted by Gasteiger charge is -2.33. The first-order valence-corrected chi connectivity index (χ1v) is 13.5. The van der Waals surface area contributed by atoms with Crippen LogP contribution in [0.2, 0.25) is 0 Å². The molecule has 2 aliphatic rings. The number of carbonyl (C=O) groups is 2. The van der Waals surface area contributed by atoms with E-state index in [0.717, 1.165) is 11.0 Å². The Hall–Kier alpha value is -3.94. The lowest BCUT2D eigenvalue weighted by molar-refractivity contribution is -0.376. The van der Waals surface area contributed by atoms with Gasteiger partial charge >= 0.3 is 18.4 Å². The third-order valence-electron chi connectivity index (χ3n) is 7.35. The Morgan fingerprint density at radius 1 is 0.977 bits per heavy atom. The van der Waals surface area contributed by atoms with Crippen LogP contribution >= 0.6 is 0 Å². The third kappa shape index (κ3) is 5.84. The summed E-state index contributed by atoms with van der Waals surface area (Å²) < 4.78 is 96.7. The van der Waals surface area contributed by atoms with Crippen LogP contribution < -0.4 is 19.5 Å². The van der Waals surface area contributed by atoms with E-state index in [1.54, 1.807) is 32.0 Å². The van der Waals surface area contributed by atoms with Gasteiger partial charge < -0.3 is 24.6 Å². The molecular formula is C29H30F6N2O6. The molecule has 0 saturated carbocycles. The number of urea groups is 1. The summed E-state index contributed by atoms with van der Waals surface area (Å²) in [6.07, 6.45) is -8.35. The predicted octanol–water partition coefficient (Wildman–Crippen LogP) is 5.51. The maximum absolute atomic E-state index is 13.4. The zero-order chi connectivity index (χ0) is 31.6. The van der Waals surface area contributed by atoms with Crippen LogP contribution in [0, 0.1) is 0 Å². The van der Waals surface area contributed by atoms with Crippen molar-refractivity contribution >= 4 is 11.9 Å². The van der Waals surface area contributed by atoms with E-state index in [1.165, 1.54) is 12.2 Å². The van der Waals surface area contributed by atoms with Crippen LogP contribution in [0.25, 0.3) is 0 Å². The molecule has 1 fully saturated rings. The molecule has 1 atom stereocenters. The average molecular weight is 617 g/mol. The van der Waals surface area contributed by atoms with Crippen LogP contribution in [-0.4, -0.2) is 60.7 Å². The van der Waals surface area contributed by atoms with Gasteiger partial charge in [0.05, 0.1) is 0 Å². The number of aliphatic hydroxyl groups is 1. The van der Waals surface area contributed by atoms with E-state index in [-0.39, 0.29) is 37.3 Å². The monoisotopic (exact) mass is 616 g/mol. The smallest absolute Gasteiger partial charge is 0.430 e. The first-order chi connectivity index (χ1) is 20.2. The molecule has 234 valence electrons. The summed E-state index contributed by atoms with van der Waals surface area (Å²) in [6.45, 7) is 3.90. The molecule has 2 aromatic rings. The summed E-state index contributed by atoms with van der Waals surface area (Å²) >= 11 is 0. The van der Waals surface area contributed by atoms with Crippen LogP contribution in [0.4, 0.5) is 31.1 Å². The SMILES string of the molecule is CCCc1cc(C(O)(C(F)(F)F)C(F)(F)F)ccc1OCC=CCN1C(=O)NC(CC)(c2ccc3c(c2)OCCO3)C1=O. The number of halogens is 6. The van der Waals surface area contributed by atoms with Crippen LogP contribution in [-0.2, 0) is 22.4 Å². The number of amides is 3. The maximum atomic E-state index is 13.4. The van der Waals surface area contributed by atoms with E-state index < -0.39 is 41.0 Å². The van der Waals surface area contributed by atoms with Gasteiger partial charge in [-0.3, -0.25) is 9.69 Å². The van der Waals surface area contributed by atoms with Gasteiger partial charge in [-0.2, -0.15) is 26.3 Å². The Morgan fingerprint density at radius 2 is 1.65 bits per heavy atom. The van der Waals surface area contributed by atoms with Gasteiger partial charge in [-0.05, 0) is 54.3 Å². The highest BCUT2D eigenvalue weighted by Crippen LogP contribution is 2.50. The van der Waals surface area contributed by atoms with Crippen molar-refractivity contribution in [1.82, 2.24) is 10.2 Å². The number of aryl methyl sites for hydroxylation is 1. The number of ether oxygens (including phenoxy) is 3. The average Bonchev–Trinajstić information content (AvgIpc) is 3.21. The van der Waals surface area contributed by atoms with Crippen molar-refractivity contribution < 1.29 is 55.2 Å². The Morgan fingerprint density at radius 3 is 2.28 bits per heavy atom. The maximum Gasteiger partial charge on any atom is 0.430 e. The summed E-state index contributed by atoms with van der Waals surface area (Å²) in [5, 5.41) is 12.5. The fraction of sp³-hybridized carbons (Fsp3) is 0.448. The largest absolute Gasteiger partial charge is 0.489 e. The summed E-state index contributed by atoms with van der Waals surface area (Å²) in [4.78, 5) is 27.2. The van der Waals surface area contributed by atoms with Crippen LogP contribution in [0.3, 0.4) is 0 Å². The fourth-order valence-corrected chi connectivity index (χ4v) is 5.02. The number of rotatable bonds is 10. The summed E-state index contributed by atoms with van der Waals surface area (Å²) in [6, 6.07) is 6.51. The van der Waals surface area contributed by atoms with Gasteiger partial charge in [0.15, 0.2) is 11.5 Å². The Bertz CT molecular complexity index is 1380. The number of imide groups is 1. The second kappa shape index (κ2) is 12.0. The molecule has 1 saturated heterocycles. The molecule has 0 radical (unpaired) electrons. The molecule has 2 aliphatic heterocycles. The molecule has 0 spiro atoms. The van der Waals surface area contributed by atoms with Crippen molar-refractivity contribution in [3.05, 3.63) is 65.2 Å². The molecule has 0 bridgehead atoms. The summed E-state index contributed by atoms with van der Waals surface area (Å²) in [5.74, 6) is 0.544. The number of hydrogen-bond donors (Lipinski definition) is 2. The Labute approximate surface area is 243 Å². The minimum Gasteiger partial charge on any atom is -0.489 e. The van der Waals surface area contributed by atoms with Crippen molar-refractivity contribution in [2.75, 3.05) is 26.4 Å². The van der Waals surface area contributed by atoms with Gasteiger partial charge in [0.2, 0.25) is 0 Å². The number of alkyl halides is 6. The number of carbonyl (C=O) groups excluding carboxylic acids is 2. The van der Waals surface area contributed by atoms with Gasteiger partial charge in [0.25, 0.3) is 11.5 Å². The highest BCUT2D eigenvalue weighted by Gasteiger charge is 2.71. The number of nitrogens with one attached hydrogen (secondary N) is 1. The molecule has 8 nitrogen and oxygen atoms in total. The molecule has 0 aliphatic carbocycles. The number of hydrogen-bond acceptors (Lipinski definition) is 6. The molecule has 2 heterocycles. The second-order valence-electron chi connectivity index (χ2n) is 10.0. The van der Waals surface area contributed by atoms with Crippen molar-refractivity contribution in [3.63, 3.8) is 0 Å². The van der Waals surface area contributed by atoms with E-state index in [9.17, 15) is 41.0 Å². The minimum absolute atomic E-state index is 0.0283. The molecular weight excluding hydrogens is 586 g/mol. The third-order valence-corrected chi connectivity index (χ3v) is 7.35. The van der Waals surface area contributed by atoms with Gasteiger partial charge in [-0.25, -0.2) is 4.79 Å². The fourth-order valence-electron chi connectivity index (χ4n) is 5.02. The Balaban J connectivity index is 1.45. The first-order valence-electron chi connectivity index (χ1n) is 13.5. The first kappa shape index (κ1) is 32.0. The number of benzene rings is 2. The topological polar surface area (TPSA) is 97.3 Å². The molecule has 3 amide bonds. The van der Waals surface area contributed by atoms with Crippen molar-refractivity contribution in [1.29, 1.82) is 0 Å². The molecule has 2 aromatic carbocycles. The Kier molecular flexibility index (Phi) is 8.91. The number of nitrogens with zero attached hydrogens (tertiary/aromatic N) is 1. The normalized spacial score (nSPS) is 19.2. The van der Waals surface area contributed by atoms with Crippen molar-refractivity contribution in [3.8, 4) is 17.2 Å². The van der Waals surface area contributed by atoms with Gasteiger partial charge in [0, 0.05) is 12.1 Å². The van der Waals surface area contributed by atoms with Crippen LogP contribution in [0.5, 0.6) is 17.2 Å². The van der Waals surface area contributed by atoms with E-state index in [0.29, 0.717) is 48.8 Å². The van der Waals surface area contributed by atoms with E-state index in [1.807, 2.05) is 0 Å². The lowest BCUT2D eigenvalue weighted by Crippen LogP contribution is -2.53. The van der Waals surface area contributed by atoms with Crippen LogP contribution in [0.1, 0.15) is 43.4 Å². The minimum atomic E-state index is -6.00. The molecule has 4 rings (SSSR count). The molecule has 1 unspecified atom stereocenters. The molecule has 43 heavy (non-hydrogen) atoms. The summed E-state index contributed by atoms with van der Waals surface area (Å²) in [5.41, 5.74) is -7.15. The van der Waals surface area contributed by atoms with Crippen LogP contribution in [0.15, 0.2) is 48.6 Å². The molecule has 2 N–H and O–H groups in total. The number of fused-ring (bicyclic) bond motifs is 1. The standard InChI is InChI=1S/C29H30F6N2O6/c1-3-7-18-16-20(27(40,28(30,31)32)29(33,34)35)9-10-21(18)41-13-6-5-12-37-24(38)26(4-2,36-25(37)39)19-8-11-22-23(17-19)43-15-14-42-22/h5-6,8-11,16-17,40H,3-4,7,12-15H2,1-2H3,(H,36,39). The van der Waals surface area contributed by atoms with Gasteiger partial charge in [-0.15, -0.1) is 0 Å². The zero-order valence-electron chi connectivity index (χ0n) is 23.3. The summed E-state index contributed by atoms with van der Waals surface area (Å²) in [7, 11) is 0. The second-order valence-corrected chi connectivity index (χ2v) is 10.0. The van der Waals surface area contributed by atoms with Crippen molar-refractivity contribution in [2.24, 2.45) is 0 Å². The zero-order valence-corrected chi connectivity index (χ0v) is 23.3. The van der Waals surface area contributed by atoms with E-state index in [2.05, 4.69) is 5.32 Å². The molecule has 0 aromatic heterocycles. The van der Waals surface area contributed by atoms with E-state index in [4.69, 9.17) is 14.2 Å². The predicted molar refractivity (Wildman–Crippen MR) is 141 cm³/mol. The highest BCUT2D eigenvalue weighted by molar-refractivity contribution is 6.07. The quantitative estimate of drug-likeness (QED) is 0.208. The van der Waals surface area contributed by atoms with Gasteiger partial charge in [0.1, 0.15) is 31.1 Å². The molecule has 14 heteroatoms. The van der Waals surface area contributed by atoms with Crippen molar-refractivity contribution in [2.45, 2.75) is 56.6 Å². The lowest BCUT2D eigenvalue weighted by atomic mass is 9.87. The highest BCUT2D eigenvalue weighted by atomic mass is 19.4.